The molecule has 0 spiro atoms. The Morgan fingerprint density at radius 1 is 1.33 bits per heavy atom. The van der Waals surface area contributed by atoms with Gasteiger partial charge in [0.25, 0.3) is 5.91 Å². The number of nitrogen functional groups attached to an aromatic ring is 1. The molecule has 0 unspecified atom stereocenters. The Morgan fingerprint density at radius 3 is 2.76 bits per heavy atom. The number of anilines is 2. The normalized spacial score (nSPS) is 10.2. The number of amides is 1. The number of nitrogens with zero attached hydrogens (tertiary/aromatic N) is 2. The standard InChI is InChI=1S/C15H17N3O3/c1-21-14-11(5-4-8-17-14)15(20)18(9-10-19)13-7-3-2-6-12(13)16/h2-8,19H,9-10,16H2,1H3. The number of aliphatic hydroxyl groups excluding tert-OH is 1. The van der Waals surface area contributed by atoms with Crippen molar-refractivity contribution >= 4 is 17.3 Å². The fourth-order valence-electron chi connectivity index (χ4n) is 2.03. The van der Waals surface area contributed by atoms with Crippen LogP contribution in [0.15, 0.2) is 42.6 Å². The summed E-state index contributed by atoms with van der Waals surface area (Å²) < 4.78 is 5.11. The number of nitrogens with two attached hydrogens (primary N) is 1. The second kappa shape index (κ2) is 6.71. The van der Waals surface area contributed by atoms with Crippen LogP contribution in [0.5, 0.6) is 5.88 Å². The van der Waals surface area contributed by atoms with Gasteiger partial charge in [0.2, 0.25) is 5.88 Å². The van der Waals surface area contributed by atoms with Gasteiger partial charge in [-0.2, -0.15) is 0 Å². The Labute approximate surface area is 122 Å². The van der Waals surface area contributed by atoms with E-state index in [2.05, 4.69) is 4.98 Å². The van der Waals surface area contributed by atoms with Gasteiger partial charge >= 0.3 is 0 Å². The molecule has 0 saturated carbocycles. The minimum atomic E-state index is -0.327. The molecule has 0 fully saturated rings. The quantitative estimate of drug-likeness (QED) is 0.809. The van der Waals surface area contributed by atoms with Gasteiger partial charge < -0.3 is 20.5 Å². The van der Waals surface area contributed by atoms with Crippen molar-refractivity contribution in [2.45, 2.75) is 0 Å². The molecule has 0 saturated heterocycles. The van der Waals surface area contributed by atoms with Gasteiger partial charge in [-0.1, -0.05) is 12.1 Å². The number of carbonyl (C=O) groups excluding carboxylic acids is 1. The van der Waals surface area contributed by atoms with Gasteiger partial charge in [-0.05, 0) is 24.3 Å². The Hall–Kier alpha value is -2.60. The molecule has 2 rings (SSSR count). The van der Waals surface area contributed by atoms with E-state index in [-0.39, 0.29) is 24.9 Å². The molecule has 6 nitrogen and oxygen atoms in total. The number of ether oxygens (including phenoxy) is 1. The van der Waals surface area contributed by atoms with Crippen LogP contribution in [0.25, 0.3) is 0 Å². The van der Waals surface area contributed by atoms with Crippen molar-refractivity contribution in [3.05, 3.63) is 48.2 Å². The summed E-state index contributed by atoms with van der Waals surface area (Å²) in [5.41, 5.74) is 7.24. The summed E-state index contributed by atoms with van der Waals surface area (Å²) in [5.74, 6) is -0.0909. The molecular weight excluding hydrogens is 270 g/mol. The number of pyridine rings is 1. The van der Waals surface area contributed by atoms with Crippen molar-refractivity contribution in [2.24, 2.45) is 0 Å². The Balaban J connectivity index is 2.43. The van der Waals surface area contributed by atoms with Crippen molar-refractivity contribution in [3.63, 3.8) is 0 Å². The third kappa shape index (κ3) is 3.11. The van der Waals surface area contributed by atoms with Crippen molar-refractivity contribution in [1.29, 1.82) is 0 Å². The van der Waals surface area contributed by atoms with Crippen LogP contribution in [0.1, 0.15) is 10.4 Å². The molecule has 0 aliphatic carbocycles. The molecule has 21 heavy (non-hydrogen) atoms. The van der Waals surface area contributed by atoms with E-state index < -0.39 is 0 Å². The number of methoxy groups -OCH3 is 1. The number of benzene rings is 1. The fourth-order valence-corrected chi connectivity index (χ4v) is 2.03. The van der Waals surface area contributed by atoms with Crippen LogP contribution in [0.4, 0.5) is 11.4 Å². The first-order chi connectivity index (χ1) is 10.2. The molecule has 3 N–H and O–H groups in total. The second-order valence-electron chi connectivity index (χ2n) is 4.30. The topological polar surface area (TPSA) is 88.7 Å². The van der Waals surface area contributed by atoms with Crippen LogP contribution >= 0.6 is 0 Å². The maximum atomic E-state index is 12.7. The van der Waals surface area contributed by atoms with Crippen molar-refractivity contribution < 1.29 is 14.6 Å². The maximum absolute atomic E-state index is 12.7. The molecule has 0 aliphatic rings. The lowest BCUT2D eigenvalue weighted by atomic mass is 10.2. The molecule has 2 aromatic rings. The van der Waals surface area contributed by atoms with Gasteiger partial charge in [0.1, 0.15) is 5.56 Å². The predicted octanol–water partition coefficient (Wildman–Crippen LogP) is 1.31. The average molecular weight is 287 g/mol. The molecule has 6 heteroatoms. The van der Waals surface area contributed by atoms with Gasteiger partial charge in [-0.3, -0.25) is 4.79 Å². The highest BCUT2D eigenvalue weighted by molar-refractivity contribution is 6.08. The molecule has 1 aromatic heterocycles. The molecule has 1 amide bonds. The maximum Gasteiger partial charge on any atom is 0.263 e. The highest BCUT2D eigenvalue weighted by Gasteiger charge is 2.22. The summed E-state index contributed by atoms with van der Waals surface area (Å²) in [7, 11) is 1.45. The second-order valence-corrected chi connectivity index (χ2v) is 4.30. The zero-order chi connectivity index (χ0) is 15.2. The molecular formula is C15H17N3O3. The molecule has 0 radical (unpaired) electrons. The fraction of sp³-hybridized carbons (Fsp3) is 0.200. The molecule has 1 heterocycles. The minimum absolute atomic E-state index is 0.130. The van der Waals surface area contributed by atoms with E-state index in [0.717, 1.165) is 0 Å². The number of hydrogen-bond acceptors (Lipinski definition) is 5. The highest BCUT2D eigenvalue weighted by Crippen LogP contribution is 2.26. The number of carbonyl (C=O) groups is 1. The monoisotopic (exact) mass is 287 g/mol. The minimum Gasteiger partial charge on any atom is -0.480 e. The van der Waals surface area contributed by atoms with Crippen LogP contribution in [-0.2, 0) is 0 Å². The van der Waals surface area contributed by atoms with E-state index in [0.29, 0.717) is 16.9 Å². The predicted molar refractivity (Wildman–Crippen MR) is 80.4 cm³/mol. The zero-order valence-corrected chi connectivity index (χ0v) is 11.7. The lowest BCUT2D eigenvalue weighted by Crippen LogP contribution is -2.34. The van der Waals surface area contributed by atoms with Crippen LogP contribution in [0.2, 0.25) is 0 Å². The van der Waals surface area contributed by atoms with E-state index in [1.54, 1.807) is 42.6 Å². The van der Waals surface area contributed by atoms with E-state index in [1.165, 1.54) is 12.0 Å². The van der Waals surface area contributed by atoms with Gasteiger partial charge in [0.05, 0.1) is 25.1 Å². The Morgan fingerprint density at radius 2 is 2.10 bits per heavy atom. The van der Waals surface area contributed by atoms with Crippen molar-refractivity contribution in [3.8, 4) is 5.88 Å². The molecule has 0 aliphatic heterocycles. The molecule has 1 aromatic carbocycles. The number of rotatable bonds is 5. The average Bonchev–Trinajstić information content (AvgIpc) is 2.53. The van der Waals surface area contributed by atoms with Gasteiger partial charge in [-0.25, -0.2) is 4.98 Å². The van der Waals surface area contributed by atoms with Gasteiger partial charge in [0, 0.05) is 12.7 Å². The van der Waals surface area contributed by atoms with E-state index in [4.69, 9.17) is 10.5 Å². The molecule has 0 bridgehead atoms. The summed E-state index contributed by atoms with van der Waals surface area (Å²) in [6.07, 6.45) is 1.54. The van der Waals surface area contributed by atoms with Crippen LogP contribution in [0, 0.1) is 0 Å². The zero-order valence-electron chi connectivity index (χ0n) is 11.7. The summed E-state index contributed by atoms with van der Waals surface area (Å²) >= 11 is 0. The molecule has 110 valence electrons. The Kier molecular flexibility index (Phi) is 4.73. The van der Waals surface area contributed by atoms with E-state index >= 15 is 0 Å². The third-order valence-corrected chi connectivity index (χ3v) is 2.99. The van der Waals surface area contributed by atoms with Gasteiger partial charge in [0.15, 0.2) is 0 Å². The largest absolute Gasteiger partial charge is 0.480 e. The lowest BCUT2D eigenvalue weighted by molar-refractivity contribution is 0.0977. The first-order valence-corrected chi connectivity index (χ1v) is 6.45. The summed E-state index contributed by atoms with van der Waals surface area (Å²) in [4.78, 5) is 18.1. The van der Waals surface area contributed by atoms with E-state index in [9.17, 15) is 9.90 Å². The first kappa shape index (κ1) is 14.8. The number of aromatic nitrogens is 1. The Bertz CT molecular complexity index is 631. The van der Waals surface area contributed by atoms with Crippen LogP contribution < -0.4 is 15.4 Å². The lowest BCUT2D eigenvalue weighted by Gasteiger charge is -2.23. The number of hydrogen-bond donors (Lipinski definition) is 2. The first-order valence-electron chi connectivity index (χ1n) is 6.45. The molecule has 0 atom stereocenters. The summed E-state index contributed by atoms with van der Waals surface area (Å²) in [6.45, 7) is -0.0479. The van der Waals surface area contributed by atoms with Gasteiger partial charge in [-0.15, -0.1) is 0 Å². The van der Waals surface area contributed by atoms with Crippen molar-refractivity contribution in [1.82, 2.24) is 4.98 Å². The number of para-hydroxylation sites is 2. The number of aliphatic hydroxyl groups is 1. The smallest absolute Gasteiger partial charge is 0.263 e. The third-order valence-electron chi connectivity index (χ3n) is 2.99. The van der Waals surface area contributed by atoms with Crippen molar-refractivity contribution in [2.75, 3.05) is 30.9 Å². The van der Waals surface area contributed by atoms with Crippen LogP contribution in [-0.4, -0.2) is 36.3 Å². The van der Waals surface area contributed by atoms with E-state index in [1.807, 2.05) is 0 Å². The highest BCUT2D eigenvalue weighted by atomic mass is 16.5. The summed E-state index contributed by atoms with van der Waals surface area (Å²) in [6, 6.07) is 10.3. The SMILES string of the molecule is COc1ncccc1C(=O)N(CCO)c1ccccc1N. The van der Waals surface area contributed by atoms with Crippen LogP contribution in [0.3, 0.4) is 0 Å². The summed E-state index contributed by atoms with van der Waals surface area (Å²) in [5, 5.41) is 9.23.